The summed E-state index contributed by atoms with van der Waals surface area (Å²) in [7, 11) is 1.64. The number of carboxylic acid groups (broad SMARTS) is 1. The first-order chi connectivity index (χ1) is 13.6. The number of carboxylic acids is 1. The van der Waals surface area contributed by atoms with E-state index >= 15 is 0 Å². The van der Waals surface area contributed by atoms with Crippen molar-refractivity contribution in [2.75, 3.05) is 27.0 Å². The number of likely N-dealkylation sites (tertiary alicyclic amines) is 1. The van der Waals surface area contributed by atoms with Crippen LogP contribution in [-0.2, 0) is 4.79 Å². The fourth-order valence-electron chi connectivity index (χ4n) is 3.99. The van der Waals surface area contributed by atoms with E-state index in [2.05, 4.69) is 4.90 Å². The summed E-state index contributed by atoms with van der Waals surface area (Å²) in [6, 6.07) is 11.4. The molecule has 4 rings (SSSR count). The lowest BCUT2D eigenvalue weighted by atomic mass is 9.90. The van der Waals surface area contributed by atoms with Crippen molar-refractivity contribution in [1.29, 1.82) is 0 Å². The minimum absolute atomic E-state index is 0.127. The predicted octanol–water partition coefficient (Wildman–Crippen LogP) is 3.96. The standard InChI is InChI=1S/C21H22ClNO5/c1-26-17-5-3-15(22)11-16(17)20(23-8-6-13(7-9-23)21(24)25)14-2-4-18-19(10-14)28-12-27-18/h2-5,10-11,13,20H,6-9,12H2,1H3,(H,24,25). The third-order valence-electron chi connectivity index (χ3n) is 5.44. The van der Waals surface area contributed by atoms with Crippen LogP contribution in [0.1, 0.15) is 30.0 Å². The highest BCUT2D eigenvalue weighted by Gasteiger charge is 2.32. The van der Waals surface area contributed by atoms with Gasteiger partial charge >= 0.3 is 5.97 Å². The second kappa shape index (κ2) is 7.89. The summed E-state index contributed by atoms with van der Waals surface area (Å²) in [6.45, 7) is 1.56. The number of nitrogens with zero attached hydrogens (tertiary/aromatic N) is 1. The molecule has 2 aliphatic rings. The van der Waals surface area contributed by atoms with Crippen LogP contribution in [0.5, 0.6) is 17.2 Å². The molecule has 2 aliphatic heterocycles. The Hall–Kier alpha value is -2.44. The van der Waals surface area contributed by atoms with Crippen molar-refractivity contribution < 1.29 is 24.1 Å². The molecule has 1 atom stereocenters. The molecule has 0 radical (unpaired) electrons. The number of fused-ring (bicyclic) bond motifs is 1. The lowest BCUT2D eigenvalue weighted by molar-refractivity contribution is -0.143. The summed E-state index contributed by atoms with van der Waals surface area (Å²) in [4.78, 5) is 13.6. The lowest BCUT2D eigenvalue weighted by Gasteiger charge is -2.37. The number of halogens is 1. The van der Waals surface area contributed by atoms with Crippen LogP contribution in [0.25, 0.3) is 0 Å². The smallest absolute Gasteiger partial charge is 0.306 e. The molecule has 0 bridgehead atoms. The average Bonchev–Trinajstić information content (AvgIpc) is 3.17. The third-order valence-corrected chi connectivity index (χ3v) is 5.68. The van der Waals surface area contributed by atoms with Gasteiger partial charge in [-0.1, -0.05) is 17.7 Å². The highest BCUT2D eigenvalue weighted by molar-refractivity contribution is 6.30. The van der Waals surface area contributed by atoms with Gasteiger partial charge in [0.2, 0.25) is 6.79 Å². The zero-order chi connectivity index (χ0) is 19.7. The summed E-state index contributed by atoms with van der Waals surface area (Å²) < 4.78 is 16.6. The van der Waals surface area contributed by atoms with Crippen molar-refractivity contribution in [3.05, 3.63) is 52.5 Å². The van der Waals surface area contributed by atoms with Crippen LogP contribution >= 0.6 is 11.6 Å². The maximum atomic E-state index is 11.4. The van der Waals surface area contributed by atoms with E-state index in [1.807, 2.05) is 30.3 Å². The molecule has 1 fully saturated rings. The summed E-state index contributed by atoms with van der Waals surface area (Å²) in [5.41, 5.74) is 1.97. The van der Waals surface area contributed by atoms with Crippen molar-refractivity contribution in [2.24, 2.45) is 5.92 Å². The Labute approximate surface area is 168 Å². The number of carbonyl (C=O) groups is 1. The number of rotatable bonds is 5. The molecule has 0 saturated carbocycles. The average molecular weight is 404 g/mol. The first-order valence-electron chi connectivity index (χ1n) is 9.26. The molecule has 2 aromatic rings. The number of benzene rings is 2. The number of ether oxygens (including phenoxy) is 3. The van der Waals surface area contributed by atoms with E-state index in [1.165, 1.54) is 0 Å². The van der Waals surface area contributed by atoms with Crippen LogP contribution in [0, 0.1) is 5.92 Å². The summed E-state index contributed by atoms with van der Waals surface area (Å²) >= 11 is 6.31. The maximum Gasteiger partial charge on any atom is 0.306 e. The number of piperidine rings is 1. The van der Waals surface area contributed by atoms with Gasteiger partial charge in [0.05, 0.1) is 19.1 Å². The van der Waals surface area contributed by atoms with E-state index < -0.39 is 5.97 Å². The topological polar surface area (TPSA) is 68.2 Å². The number of hydrogen-bond acceptors (Lipinski definition) is 5. The van der Waals surface area contributed by atoms with Crippen molar-refractivity contribution in [1.82, 2.24) is 4.90 Å². The van der Waals surface area contributed by atoms with Gasteiger partial charge in [0.1, 0.15) is 5.75 Å². The Morgan fingerprint density at radius 1 is 1.18 bits per heavy atom. The lowest BCUT2D eigenvalue weighted by Crippen LogP contribution is -2.39. The Balaban J connectivity index is 1.74. The Kier molecular flexibility index (Phi) is 5.33. The van der Waals surface area contributed by atoms with Gasteiger partial charge in [-0.15, -0.1) is 0 Å². The van der Waals surface area contributed by atoms with Gasteiger partial charge < -0.3 is 19.3 Å². The SMILES string of the molecule is COc1ccc(Cl)cc1C(c1ccc2c(c1)OCO2)N1CCC(C(=O)O)CC1. The summed E-state index contributed by atoms with van der Waals surface area (Å²) in [5, 5.41) is 9.96. The molecule has 0 aromatic heterocycles. The number of hydrogen-bond donors (Lipinski definition) is 1. The van der Waals surface area contributed by atoms with E-state index in [9.17, 15) is 9.90 Å². The zero-order valence-electron chi connectivity index (χ0n) is 15.6. The van der Waals surface area contributed by atoms with Gasteiger partial charge in [-0.25, -0.2) is 0 Å². The Morgan fingerprint density at radius 3 is 2.64 bits per heavy atom. The van der Waals surface area contributed by atoms with E-state index in [-0.39, 0.29) is 18.8 Å². The van der Waals surface area contributed by atoms with Crippen molar-refractivity contribution in [3.8, 4) is 17.2 Å². The first kappa shape index (κ1) is 18.9. The molecule has 0 aliphatic carbocycles. The van der Waals surface area contributed by atoms with Crippen LogP contribution in [0.2, 0.25) is 5.02 Å². The third kappa shape index (κ3) is 3.62. The number of methoxy groups -OCH3 is 1. The molecular formula is C21H22ClNO5. The van der Waals surface area contributed by atoms with Crippen LogP contribution < -0.4 is 14.2 Å². The molecule has 7 heteroatoms. The van der Waals surface area contributed by atoms with E-state index in [1.54, 1.807) is 13.2 Å². The molecule has 148 valence electrons. The normalized spacial score (nSPS) is 18.1. The molecule has 1 unspecified atom stereocenters. The van der Waals surface area contributed by atoms with Gasteiger partial charge in [0, 0.05) is 10.6 Å². The summed E-state index contributed by atoms with van der Waals surface area (Å²) in [5.74, 6) is 1.16. The van der Waals surface area contributed by atoms with Gasteiger partial charge in [-0.2, -0.15) is 0 Å². The van der Waals surface area contributed by atoms with Crippen LogP contribution in [0.4, 0.5) is 0 Å². The predicted molar refractivity (Wildman–Crippen MR) is 104 cm³/mol. The molecule has 2 heterocycles. The van der Waals surface area contributed by atoms with Gasteiger partial charge in [-0.05, 0) is 61.8 Å². The molecule has 2 aromatic carbocycles. The number of aliphatic carboxylic acids is 1. The zero-order valence-corrected chi connectivity index (χ0v) is 16.3. The van der Waals surface area contributed by atoms with E-state index in [0.717, 1.165) is 22.6 Å². The van der Waals surface area contributed by atoms with E-state index in [4.69, 9.17) is 25.8 Å². The molecule has 0 amide bonds. The van der Waals surface area contributed by atoms with Gasteiger partial charge in [-0.3, -0.25) is 9.69 Å². The van der Waals surface area contributed by atoms with Gasteiger partial charge in [0.15, 0.2) is 11.5 Å². The maximum absolute atomic E-state index is 11.4. The van der Waals surface area contributed by atoms with Crippen molar-refractivity contribution in [2.45, 2.75) is 18.9 Å². The van der Waals surface area contributed by atoms with Crippen LogP contribution in [0.15, 0.2) is 36.4 Å². The minimum atomic E-state index is -0.723. The molecule has 1 saturated heterocycles. The minimum Gasteiger partial charge on any atom is -0.496 e. The molecule has 6 nitrogen and oxygen atoms in total. The second-order valence-corrected chi connectivity index (χ2v) is 7.49. The van der Waals surface area contributed by atoms with Gasteiger partial charge in [0.25, 0.3) is 0 Å². The van der Waals surface area contributed by atoms with Crippen molar-refractivity contribution >= 4 is 17.6 Å². The fourth-order valence-corrected chi connectivity index (χ4v) is 4.17. The highest BCUT2D eigenvalue weighted by Crippen LogP contribution is 2.42. The highest BCUT2D eigenvalue weighted by atomic mass is 35.5. The quantitative estimate of drug-likeness (QED) is 0.814. The molecule has 0 spiro atoms. The molecular weight excluding hydrogens is 382 g/mol. The Bertz CT molecular complexity index is 879. The van der Waals surface area contributed by atoms with E-state index in [0.29, 0.717) is 36.7 Å². The van der Waals surface area contributed by atoms with Crippen LogP contribution in [0.3, 0.4) is 0 Å². The molecule has 28 heavy (non-hydrogen) atoms. The largest absolute Gasteiger partial charge is 0.496 e. The monoisotopic (exact) mass is 403 g/mol. The first-order valence-corrected chi connectivity index (χ1v) is 9.64. The second-order valence-electron chi connectivity index (χ2n) is 7.05. The molecule has 1 N–H and O–H groups in total. The fraction of sp³-hybridized carbons (Fsp3) is 0.381. The Morgan fingerprint density at radius 2 is 1.93 bits per heavy atom. The van der Waals surface area contributed by atoms with Crippen LogP contribution in [-0.4, -0.2) is 43.0 Å². The summed E-state index contributed by atoms with van der Waals surface area (Å²) in [6.07, 6.45) is 1.22. The van der Waals surface area contributed by atoms with Crippen molar-refractivity contribution in [3.63, 3.8) is 0 Å².